The molecule has 0 aromatic rings. The lowest BCUT2D eigenvalue weighted by molar-refractivity contribution is -0.150. The van der Waals surface area contributed by atoms with Crippen molar-refractivity contribution in [3.05, 3.63) is 0 Å². The van der Waals surface area contributed by atoms with Gasteiger partial charge < -0.3 is 10.2 Å². The zero-order chi connectivity index (χ0) is 11.4. The van der Waals surface area contributed by atoms with E-state index in [9.17, 15) is 9.90 Å². The highest BCUT2D eigenvalue weighted by molar-refractivity contribution is 5.77. The molecule has 0 aromatic heterocycles. The molecule has 1 unspecified atom stereocenters. The molecule has 84 valence electrons. The number of aliphatic hydroxyl groups is 1. The van der Waals surface area contributed by atoms with Gasteiger partial charge >= 0.3 is 5.97 Å². The lowest BCUT2D eigenvalue weighted by Gasteiger charge is -2.35. The van der Waals surface area contributed by atoms with Crippen LogP contribution in [-0.2, 0) is 4.79 Å². The maximum atomic E-state index is 11.0. The highest BCUT2D eigenvalue weighted by Gasteiger charge is 2.34. The summed E-state index contributed by atoms with van der Waals surface area (Å²) in [5.41, 5.74) is -0.912. The first kappa shape index (κ1) is 13.4. The van der Waals surface area contributed by atoms with Gasteiger partial charge in [-0.15, -0.1) is 0 Å². The molecular formula is C10H21NO3. The zero-order valence-electron chi connectivity index (χ0n) is 9.45. The third-order valence-electron chi connectivity index (χ3n) is 2.60. The minimum absolute atomic E-state index is 0.409. The molecule has 0 aliphatic heterocycles. The normalized spacial score (nSPS) is 14.4. The average Bonchev–Trinajstić information content (AvgIpc) is 2.12. The Kier molecular flexibility index (Phi) is 5.08. The molecule has 0 rings (SSSR count). The number of hydrogen-bond donors (Lipinski definition) is 2. The standard InChI is InChI=1S/C10H21NO3/c1-5-8(12)7-11(6-2)10(3,4)9(13)14/h8,12H,5-7H2,1-4H3,(H,13,14). The van der Waals surface area contributed by atoms with E-state index in [0.717, 1.165) is 0 Å². The summed E-state index contributed by atoms with van der Waals surface area (Å²) in [7, 11) is 0. The van der Waals surface area contributed by atoms with Gasteiger partial charge in [-0.1, -0.05) is 13.8 Å². The molecule has 1 atom stereocenters. The van der Waals surface area contributed by atoms with E-state index in [1.807, 2.05) is 13.8 Å². The number of likely N-dealkylation sites (N-methyl/N-ethyl adjacent to an activating group) is 1. The molecule has 0 aliphatic rings. The molecule has 0 spiro atoms. The monoisotopic (exact) mass is 203 g/mol. The Hall–Kier alpha value is -0.610. The Balaban J connectivity index is 4.47. The molecule has 0 aliphatic carbocycles. The van der Waals surface area contributed by atoms with Gasteiger partial charge in [0.15, 0.2) is 0 Å². The van der Waals surface area contributed by atoms with Crippen molar-refractivity contribution < 1.29 is 15.0 Å². The van der Waals surface area contributed by atoms with Crippen LogP contribution in [0.5, 0.6) is 0 Å². The number of β-amino-alcohol motifs (C(OH)–C–C–N with tert-alkyl or cyclic N) is 1. The molecule has 0 bridgehead atoms. The van der Waals surface area contributed by atoms with Crippen molar-refractivity contribution in [3.63, 3.8) is 0 Å². The van der Waals surface area contributed by atoms with Crippen LogP contribution >= 0.6 is 0 Å². The fourth-order valence-corrected chi connectivity index (χ4v) is 1.27. The van der Waals surface area contributed by atoms with E-state index in [2.05, 4.69) is 0 Å². The third-order valence-corrected chi connectivity index (χ3v) is 2.60. The maximum Gasteiger partial charge on any atom is 0.323 e. The fourth-order valence-electron chi connectivity index (χ4n) is 1.27. The number of rotatable bonds is 6. The predicted octanol–water partition coefficient (Wildman–Crippen LogP) is 0.942. The molecule has 0 radical (unpaired) electrons. The summed E-state index contributed by atoms with van der Waals surface area (Å²) >= 11 is 0. The molecule has 4 nitrogen and oxygen atoms in total. The second-order valence-electron chi connectivity index (χ2n) is 3.96. The van der Waals surface area contributed by atoms with Gasteiger partial charge in [0.1, 0.15) is 5.54 Å². The molecular weight excluding hydrogens is 182 g/mol. The van der Waals surface area contributed by atoms with E-state index in [-0.39, 0.29) is 0 Å². The van der Waals surface area contributed by atoms with Gasteiger partial charge in [0.25, 0.3) is 0 Å². The molecule has 0 saturated carbocycles. The summed E-state index contributed by atoms with van der Waals surface area (Å²) in [5, 5.41) is 18.5. The van der Waals surface area contributed by atoms with E-state index in [4.69, 9.17) is 5.11 Å². The summed E-state index contributed by atoms with van der Waals surface area (Å²) < 4.78 is 0. The largest absolute Gasteiger partial charge is 0.480 e. The lowest BCUT2D eigenvalue weighted by Crippen LogP contribution is -2.52. The van der Waals surface area contributed by atoms with Crippen LogP contribution in [0.1, 0.15) is 34.1 Å². The third kappa shape index (κ3) is 3.27. The fraction of sp³-hybridized carbons (Fsp3) is 0.900. The number of carboxylic acids is 1. The Labute approximate surface area is 85.5 Å². The number of aliphatic carboxylic acids is 1. The Morgan fingerprint density at radius 2 is 1.93 bits per heavy atom. The van der Waals surface area contributed by atoms with Crippen LogP contribution in [0.2, 0.25) is 0 Å². The van der Waals surface area contributed by atoms with Gasteiger partial charge in [-0.25, -0.2) is 0 Å². The molecule has 0 fully saturated rings. The van der Waals surface area contributed by atoms with E-state index in [1.54, 1.807) is 18.7 Å². The first-order chi connectivity index (χ1) is 6.36. The molecule has 0 heterocycles. The summed E-state index contributed by atoms with van der Waals surface area (Å²) in [6.45, 7) is 8.12. The van der Waals surface area contributed by atoms with Crippen LogP contribution < -0.4 is 0 Å². The smallest absolute Gasteiger partial charge is 0.323 e. The van der Waals surface area contributed by atoms with Crippen molar-refractivity contribution in [1.29, 1.82) is 0 Å². The minimum atomic E-state index is -0.912. The van der Waals surface area contributed by atoms with Crippen LogP contribution in [0.3, 0.4) is 0 Å². The highest BCUT2D eigenvalue weighted by atomic mass is 16.4. The number of carboxylic acid groups (broad SMARTS) is 1. The van der Waals surface area contributed by atoms with Gasteiger partial charge in [0, 0.05) is 6.54 Å². The topological polar surface area (TPSA) is 60.8 Å². The number of nitrogens with zero attached hydrogens (tertiary/aromatic N) is 1. The van der Waals surface area contributed by atoms with Crippen molar-refractivity contribution in [2.75, 3.05) is 13.1 Å². The van der Waals surface area contributed by atoms with Gasteiger partial charge in [-0.3, -0.25) is 9.69 Å². The molecule has 4 heteroatoms. The van der Waals surface area contributed by atoms with Crippen LogP contribution in [0.4, 0.5) is 0 Å². The average molecular weight is 203 g/mol. The Bertz CT molecular complexity index is 192. The lowest BCUT2D eigenvalue weighted by atomic mass is 10.0. The first-order valence-corrected chi connectivity index (χ1v) is 5.02. The summed E-state index contributed by atoms with van der Waals surface area (Å²) in [5.74, 6) is -0.859. The van der Waals surface area contributed by atoms with Crippen molar-refractivity contribution in [1.82, 2.24) is 4.90 Å². The van der Waals surface area contributed by atoms with Gasteiger partial charge in [0.05, 0.1) is 6.10 Å². The van der Waals surface area contributed by atoms with E-state index in [0.29, 0.717) is 19.5 Å². The molecule has 0 saturated heterocycles. The van der Waals surface area contributed by atoms with E-state index >= 15 is 0 Å². The van der Waals surface area contributed by atoms with Gasteiger partial charge in [-0.2, -0.15) is 0 Å². The molecule has 0 aromatic carbocycles. The number of aliphatic hydroxyl groups excluding tert-OH is 1. The van der Waals surface area contributed by atoms with Crippen LogP contribution in [0, 0.1) is 0 Å². The van der Waals surface area contributed by atoms with Crippen LogP contribution in [0.15, 0.2) is 0 Å². The van der Waals surface area contributed by atoms with Crippen molar-refractivity contribution >= 4 is 5.97 Å². The predicted molar refractivity (Wildman–Crippen MR) is 55.3 cm³/mol. The second-order valence-corrected chi connectivity index (χ2v) is 3.96. The van der Waals surface area contributed by atoms with E-state index < -0.39 is 17.6 Å². The first-order valence-electron chi connectivity index (χ1n) is 5.02. The summed E-state index contributed by atoms with van der Waals surface area (Å²) in [4.78, 5) is 12.7. The molecule has 2 N–H and O–H groups in total. The van der Waals surface area contributed by atoms with Crippen LogP contribution in [0.25, 0.3) is 0 Å². The Morgan fingerprint density at radius 1 is 1.43 bits per heavy atom. The van der Waals surface area contributed by atoms with Gasteiger partial charge in [0.2, 0.25) is 0 Å². The quantitative estimate of drug-likeness (QED) is 0.674. The minimum Gasteiger partial charge on any atom is -0.480 e. The molecule has 14 heavy (non-hydrogen) atoms. The number of hydrogen-bond acceptors (Lipinski definition) is 3. The Morgan fingerprint density at radius 3 is 2.21 bits per heavy atom. The van der Waals surface area contributed by atoms with Crippen molar-refractivity contribution in [2.45, 2.75) is 45.8 Å². The van der Waals surface area contributed by atoms with Crippen molar-refractivity contribution in [3.8, 4) is 0 Å². The maximum absolute atomic E-state index is 11.0. The van der Waals surface area contributed by atoms with Crippen LogP contribution in [-0.4, -0.2) is 45.8 Å². The second kappa shape index (κ2) is 5.32. The zero-order valence-corrected chi connectivity index (χ0v) is 9.45. The number of carbonyl (C=O) groups is 1. The molecule has 0 amide bonds. The highest BCUT2D eigenvalue weighted by Crippen LogP contribution is 2.15. The summed E-state index contributed by atoms with van der Waals surface area (Å²) in [6.07, 6.45) is 0.195. The van der Waals surface area contributed by atoms with Gasteiger partial charge in [-0.05, 0) is 26.8 Å². The van der Waals surface area contributed by atoms with Crippen molar-refractivity contribution in [2.24, 2.45) is 0 Å². The van der Waals surface area contributed by atoms with E-state index in [1.165, 1.54) is 0 Å². The summed E-state index contributed by atoms with van der Waals surface area (Å²) in [6, 6.07) is 0. The SMILES string of the molecule is CCC(O)CN(CC)C(C)(C)C(=O)O.